The van der Waals surface area contributed by atoms with Gasteiger partial charge in [0.05, 0.1) is 6.61 Å². The molecule has 4 saturated carbocycles. The van der Waals surface area contributed by atoms with Crippen molar-refractivity contribution in [3.63, 3.8) is 0 Å². The third-order valence-electron chi connectivity index (χ3n) is 6.83. The maximum atomic E-state index is 13.1. The van der Waals surface area contributed by atoms with Crippen molar-refractivity contribution < 1.29 is 14.6 Å². The van der Waals surface area contributed by atoms with Crippen LogP contribution in [0.15, 0.2) is 4.99 Å². The van der Waals surface area contributed by atoms with E-state index in [1.54, 1.807) is 7.11 Å². The molecule has 25 heavy (non-hydrogen) atoms. The Kier molecular flexibility index (Phi) is 4.41. The standard InChI is InChI=1S/C19H28N2O3S/c1-11-12(2)25-18(21(11)4-5-24-3)20-17(22)19(23)15-7-13-6-14(9-15)10-16(19)8-13/h13-16,23H,4-10H2,1-3H3/b20-18-. The summed E-state index contributed by atoms with van der Waals surface area (Å²) in [5.74, 6) is 1.33. The van der Waals surface area contributed by atoms with E-state index in [9.17, 15) is 9.90 Å². The molecule has 5 nitrogen and oxygen atoms in total. The Labute approximate surface area is 152 Å². The third-order valence-corrected chi connectivity index (χ3v) is 7.93. The number of rotatable bonds is 4. The van der Waals surface area contributed by atoms with E-state index < -0.39 is 5.60 Å². The molecule has 0 unspecified atom stereocenters. The van der Waals surface area contributed by atoms with Gasteiger partial charge in [0.1, 0.15) is 0 Å². The molecule has 1 aromatic rings. The van der Waals surface area contributed by atoms with Gasteiger partial charge in [-0.1, -0.05) is 0 Å². The Morgan fingerprint density at radius 2 is 1.84 bits per heavy atom. The number of aryl methyl sites for hydroxylation is 1. The number of ether oxygens (including phenoxy) is 1. The highest BCUT2D eigenvalue weighted by Crippen LogP contribution is 2.58. The number of amides is 1. The first-order valence-corrected chi connectivity index (χ1v) is 10.2. The van der Waals surface area contributed by atoms with Crippen molar-refractivity contribution in [2.75, 3.05) is 13.7 Å². The van der Waals surface area contributed by atoms with Crippen LogP contribution in [0.2, 0.25) is 0 Å². The fourth-order valence-corrected chi connectivity index (χ4v) is 6.56. The van der Waals surface area contributed by atoms with Crippen LogP contribution < -0.4 is 4.80 Å². The highest BCUT2D eigenvalue weighted by molar-refractivity contribution is 7.09. The first kappa shape index (κ1) is 17.4. The zero-order valence-corrected chi connectivity index (χ0v) is 16.1. The van der Waals surface area contributed by atoms with Crippen molar-refractivity contribution >= 4 is 17.2 Å². The molecule has 1 aromatic heterocycles. The number of nitrogens with zero attached hydrogens (tertiary/aromatic N) is 2. The molecule has 4 fully saturated rings. The third kappa shape index (κ3) is 2.73. The van der Waals surface area contributed by atoms with Crippen LogP contribution in [0.1, 0.15) is 42.7 Å². The van der Waals surface area contributed by atoms with Gasteiger partial charge in [-0.25, -0.2) is 0 Å². The van der Waals surface area contributed by atoms with Crippen molar-refractivity contribution in [2.24, 2.45) is 28.7 Å². The number of methoxy groups -OCH3 is 1. The minimum Gasteiger partial charge on any atom is -0.383 e. The molecule has 4 aliphatic rings. The molecule has 138 valence electrons. The molecule has 4 bridgehead atoms. The second-order valence-electron chi connectivity index (χ2n) is 8.22. The quantitative estimate of drug-likeness (QED) is 0.892. The Balaban J connectivity index is 1.68. The Morgan fingerprint density at radius 1 is 1.24 bits per heavy atom. The number of carbonyl (C=O) groups is 1. The molecule has 0 aromatic carbocycles. The summed E-state index contributed by atoms with van der Waals surface area (Å²) < 4.78 is 7.23. The van der Waals surface area contributed by atoms with Gasteiger partial charge in [0, 0.05) is 24.2 Å². The molecule has 1 heterocycles. The molecule has 1 amide bonds. The predicted molar refractivity (Wildman–Crippen MR) is 96.2 cm³/mol. The topological polar surface area (TPSA) is 63.8 Å². The molecule has 1 N–H and O–H groups in total. The number of aliphatic hydroxyl groups is 1. The van der Waals surface area contributed by atoms with Crippen LogP contribution in [0.4, 0.5) is 0 Å². The fraction of sp³-hybridized carbons (Fsp3) is 0.789. The minimum atomic E-state index is -1.24. The first-order chi connectivity index (χ1) is 11.9. The lowest BCUT2D eigenvalue weighted by Gasteiger charge is -2.57. The Bertz CT molecular complexity index is 720. The summed E-state index contributed by atoms with van der Waals surface area (Å²) in [6.45, 7) is 5.35. The van der Waals surface area contributed by atoms with Crippen LogP contribution >= 0.6 is 11.3 Å². The van der Waals surface area contributed by atoms with E-state index >= 15 is 0 Å². The molecule has 0 atom stereocenters. The molecule has 0 aliphatic heterocycles. The van der Waals surface area contributed by atoms with Gasteiger partial charge in [-0.2, -0.15) is 4.99 Å². The lowest BCUT2D eigenvalue weighted by Crippen LogP contribution is -2.61. The van der Waals surface area contributed by atoms with Crippen molar-refractivity contribution in [1.82, 2.24) is 4.57 Å². The van der Waals surface area contributed by atoms with Crippen molar-refractivity contribution in [3.8, 4) is 0 Å². The number of hydrogen-bond acceptors (Lipinski definition) is 4. The van der Waals surface area contributed by atoms with Crippen LogP contribution in [0, 0.1) is 37.5 Å². The second kappa shape index (κ2) is 6.32. The van der Waals surface area contributed by atoms with Crippen LogP contribution in [0.3, 0.4) is 0 Å². The summed E-state index contributed by atoms with van der Waals surface area (Å²) in [4.78, 5) is 19.4. The summed E-state index contributed by atoms with van der Waals surface area (Å²) in [5, 5.41) is 11.4. The van der Waals surface area contributed by atoms with E-state index in [2.05, 4.69) is 4.99 Å². The van der Waals surface area contributed by atoms with Crippen molar-refractivity contribution in [2.45, 2.75) is 58.1 Å². The predicted octanol–water partition coefficient (Wildman–Crippen LogP) is 2.43. The molecular formula is C19H28N2O3S. The molecule has 0 radical (unpaired) electrons. The first-order valence-electron chi connectivity index (χ1n) is 9.40. The highest BCUT2D eigenvalue weighted by atomic mass is 32.1. The van der Waals surface area contributed by atoms with Gasteiger partial charge in [-0.3, -0.25) is 4.79 Å². The second-order valence-corrected chi connectivity index (χ2v) is 9.40. The zero-order valence-electron chi connectivity index (χ0n) is 15.3. The fourth-order valence-electron chi connectivity index (χ4n) is 5.56. The van der Waals surface area contributed by atoms with Crippen molar-refractivity contribution in [3.05, 3.63) is 15.4 Å². The van der Waals surface area contributed by atoms with Gasteiger partial charge < -0.3 is 14.4 Å². The molecule has 6 heteroatoms. The summed E-state index contributed by atoms with van der Waals surface area (Å²) in [7, 11) is 1.67. The number of hydrogen-bond donors (Lipinski definition) is 1. The molecule has 0 spiro atoms. The van der Waals surface area contributed by atoms with E-state index in [-0.39, 0.29) is 17.7 Å². The normalized spacial score (nSPS) is 37.0. The van der Waals surface area contributed by atoms with E-state index in [0.717, 1.165) is 36.3 Å². The Morgan fingerprint density at radius 3 is 2.40 bits per heavy atom. The molecule has 4 aliphatic carbocycles. The maximum absolute atomic E-state index is 13.1. The van der Waals surface area contributed by atoms with Gasteiger partial charge >= 0.3 is 0 Å². The lowest BCUT2D eigenvalue weighted by molar-refractivity contribution is -0.184. The van der Waals surface area contributed by atoms with Crippen molar-refractivity contribution in [1.29, 1.82) is 0 Å². The number of thiazole rings is 1. The zero-order chi connectivity index (χ0) is 17.8. The summed E-state index contributed by atoms with van der Waals surface area (Å²) >= 11 is 1.53. The SMILES string of the molecule is COCCn1c(C)c(C)s/c1=N\C(=O)C1(O)C2CC3CC(C2)CC1C3. The van der Waals surface area contributed by atoms with Crippen LogP contribution in [-0.2, 0) is 16.1 Å². The van der Waals surface area contributed by atoms with E-state index in [0.29, 0.717) is 29.8 Å². The average molecular weight is 365 g/mol. The minimum absolute atomic E-state index is 0.106. The van der Waals surface area contributed by atoms with Gasteiger partial charge in [-0.15, -0.1) is 11.3 Å². The largest absolute Gasteiger partial charge is 0.383 e. The van der Waals surface area contributed by atoms with Gasteiger partial charge in [0.25, 0.3) is 5.91 Å². The van der Waals surface area contributed by atoms with E-state index in [1.807, 2.05) is 18.4 Å². The lowest BCUT2D eigenvalue weighted by atomic mass is 9.49. The van der Waals surface area contributed by atoms with E-state index in [1.165, 1.54) is 17.8 Å². The van der Waals surface area contributed by atoms with Crippen LogP contribution in [0.5, 0.6) is 0 Å². The van der Waals surface area contributed by atoms with Gasteiger partial charge in [0.15, 0.2) is 10.4 Å². The summed E-state index contributed by atoms with van der Waals surface area (Å²) in [5.41, 5.74) is -0.121. The maximum Gasteiger partial charge on any atom is 0.280 e. The number of carbonyl (C=O) groups excluding carboxylic acids is 1. The Hall–Kier alpha value is -0.980. The van der Waals surface area contributed by atoms with Gasteiger partial charge in [-0.05, 0) is 69.6 Å². The highest BCUT2D eigenvalue weighted by Gasteiger charge is 2.60. The molecule has 0 saturated heterocycles. The van der Waals surface area contributed by atoms with Gasteiger partial charge in [0.2, 0.25) is 0 Å². The monoisotopic (exact) mass is 364 g/mol. The smallest absolute Gasteiger partial charge is 0.280 e. The van der Waals surface area contributed by atoms with Crippen LogP contribution in [0.25, 0.3) is 0 Å². The summed E-state index contributed by atoms with van der Waals surface area (Å²) in [6.07, 6.45) is 5.29. The number of aromatic nitrogens is 1. The molecular weight excluding hydrogens is 336 g/mol. The van der Waals surface area contributed by atoms with Crippen LogP contribution in [-0.4, -0.2) is 34.9 Å². The van der Waals surface area contributed by atoms with E-state index in [4.69, 9.17) is 4.74 Å². The average Bonchev–Trinajstić information content (AvgIpc) is 2.83. The summed E-state index contributed by atoms with van der Waals surface area (Å²) in [6, 6.07) is 0. The molecule has 5 rings (SSSR count).